The van der Waals surface area contributed by atoms with Crippen molar-refractivity contribution in [3.05, 3.63) is 70.8 Å². The molecule has 98 valence electrons. The average molecular weight is 250 g/mol. The van der Waals surface area contributed by atoms with Crippen LogP contribution in [0.15, 0.2) is 65.3 Å². The summed E-state index contributed by atoms with van der Waals surface area (Å²) in [6.07, 6.45) is 13.3. The van der Waals surface area contributed by atoms with Crippen LogP contribution in [0.25, 0.3) is 0 Å². The predicted octanol–water partition coefficient (Wildman–Crippen LogP) is 5.55. The van der Waals surface area contributed by atoms with E-state index in [-0.39, 0.29) is 0 Å². The van der Waals surface area contributed by atoms with Gasteiger partial charge in [0.1, 0.15) is 0 Å². The van der Waals surface area contributed by atoms with E-state index < -0.39 is 0 Å². The Morgan fingerprint density at radius 3 is 2.79 bits per heavy atom. The lowest BCUT2D eigenvalue weighted by molar-refractivity contribution is 0.603. The molecule has 2 aliphatic rings. The van der Waals surface area contributed by atoms with Crippen molar-refractivity contribution in [3.8, 4) is 0 Å². The van der Waals surface area contributed by atoms with E-state index in [1.165, 1.54) is 37.7 Å². The molecule has 0 saturated carbocycles. The van der Waals surface area contributed by atoms with Crippen LogP contribution in [0.4, 0.5) is 0 Å². The molecule has 1 aromatic rings. The summed E-state index contributed by atoms with van der Waals surface area (Å²) >= 11 is 0. The highest BCUT2D eigenvalue weighted by Crippen LogP contribution is 2.41. The highest BCUT2D eigenvalue weighted by atomic mass is 14.3. The van der Waals surface area contributed by atoms with Gasteiger partial charge in [-0.25, -0.2) is 0 Å². The molecule has 0 N–H and O–H groups in total. The van der Waals surface area contributed by atoms with Crippen molar-refractivity contribution in [1.82, 2.24) is 0 Å². The first-order valence-electron chi connectivity index (χ1n) is 7.51. The molecule has 0 aromatic heterocycles. The van der Waals surface area contributed by atoms with E-state index in [4.69, 9.17) is 0 Å². The maximum Gasteiger partial charge on any atom is 0.00891 e. The highest BCUT2D eigenvalue weighted by molar-refractivity contribution is 5.44. The lowest BCUT2D eigenvalue weighted by Crippen LogP contribution is -2.10. The summed E-state index contributed by atoms with van der Waals surface area (Å²) in [5, 5.41) is 0. The van der Waals surface area contributed by atoms with Crippen LogP contribution < -0.4 is 0 Å². The molecule has 0 heteroatoms. The molecular weight excluding hydrogens is 228 g/mol. The third-order valence-corrected chi connectivity index (χ3v) is 4.46. The van der Waals surface area contributed by atoms with Crippen molar-refractivity contribution in [2.24, 2.45) is 0 Å². The first-order valence-corrected chi connectivity index (χ1v) is 7.51. The lowest BCUT2D eigenvalue weighted by Gasteiger charge is -2.27. The second-order valence-electron chi connectivity index (χ2n) is 5.63. The molecule has 19 heavy (non-hydrogen) atoms. The Morgan fingerprint density at radius 2 is 2.00 bits per heavy atom. The van der Waals surface area contributed by atoms with Crippen LogP contribution in [0.5, 0.6) is 0 Å². The molecule has 0 aliphatic heterocycles. The van der Waals surface area contributed by atoms with E-state index in [0.29, 0.717) is 5.92 Å². The van der Waals surface area contributed by atoms with E-state index in [2.05, 4.69) is 55.5 Å². The zero-order valence-electron chi connectivity index (χ0n) is 11.7. The lowest BCUT2D eigenvalue weighted by atomic mass is 9.77. The SMILES string of the molecule is CCC1=CC=CC2=C(CCCC2c2ccccc2)C1. The summed E-state index contributed by atoms with van der Waals surface area (Å²) in [5.74, 6) is 0.616. The Kier molecular flexibility index (Phi) is 3.68. The minimum Gasteiger partial charge on any atom is -0.0664 e. The van der Waals surface area contributed by atoms with Crippen molar-refractivity contribution in [1.29, 1.82) is 0 Å². The Hall–Kier alpha value is -1.56. The Labute approximate surface area is 116 Å². The average Bonchev–Trinajstić information content (AvgIpc) is 2.69. The van der Waals surface area contributed by atoms with Gasteiger partial charge in [-0.2, -0.15) is 0 Å². The van der Waals surface area contributed by atoms with Gasteiger partial charge in [0.2, 0.25) is 0 Å². The van der Waals surface area contributed by atoms with Crippen LogP contribution in [-0.2, 0) is 0 Å². The molecule has 0 amide bonds. The van der Waals surface area contributed by atoms with Crippen LogP contribution in [0.1, 0.15) is 50.5 Å². The van der Waals surface area contributed by atoms with Gasteiger partial charge >= 0.3 is 0 Å². The third kappa shape index (κ3) is 2.58. The van der Waals surface area contributed by atoms with Crippen molar-refractivity contribution in [2.45, 2.75) is 44.9 Å². The fourth-order valence-corrected chi connectivity index (χ4v) is 3.39. The number of hydrogen-bond donors (Lipinski definition) is 0. The van der Waals surface area contributed by atoms with E-state index in [1.54, 1.807) is 16.7 Å². The molecule has 1 aromatic carbocycles. The topological polar surface area (TPSA) is 0 Å². The van der Waals surface area contributed by atoms with Gasteiger partial charge < -0.3 is 0 Å². The first kappa shape index (κ1) is 12.5. The fraction of sp³-hybridized carbons (Fsp3) is 0.368. The molecule has 2 aliphatic carbocycles. The largest absolute Gasteiger partial charge is 0.0664 e. The second-order valence-corrected chi connectivity index (χ2v) is 5.63. The standard InChI is InChI=1S/C19H22/c1-2-15-8-6-12-19-17(14-15)11-7-13-18(19)16-9-4-3-5-10-16/h3-6,8-10,12,18H,2,7,11,13-14H2,1H3. The summed E-state index contributed by atoms with van der Waals surface area (Å²) in [5.41, 5.74) is 6.34. The van der Waals surface area contributed by atoms with Crippen molar-refractivity contribution in [2.75, 3.05) is 0 Å². The second kappa shape index (κ2) is 5.61. The zero-order chi connectivity index (χ0) is 13.1. The van der Waals surface area contributed by atoms with Gasteiger partial charge in [0.25, 0.3) is 0 Å². The van der Waals surface area contributed by atoms with Crippen LogP contribution in [0.3, 0.4) is 0 Å². The molecular formula is C19H22. The summed E-state index contributed by atoms with van der Waals surface area (Å²) < 4.78 is 0. The summed E-state index contributed by atoms with van der Waals surface area (Å²) in [7, 11) is 0. The molecule has 1 atom stereocenters. The Bertz CT molecular complexity index is 528. The number of rotatable bonds is 2. The minimum atomic E-state index is 0.616. The molecule has 0 fully saturated rings. The Balaban J connectivity index is 1.96. The molecule has 0 radical (unpaired) electrons. The van der Waals surface area contributed by atoms with E-state index in [9.17, 15) is 0 Å². The van der Waals surface area contributed by atoms with E-state index >= 15 is 0 Å². The normalized spacial score (nSPS) is 22.8. The third-order valence-electron chi connectivity index (χ3n) is 4.46. The van der Waals surface area contributed by atoms with Gasteiger partial charge in [-0.15, -0.1) is 0 Å². The zero-order valence-corrected chi connectivity index (χ0v) is 11.7. The minimum absolute atomic E-state index is 0.616. The van der Waals surface area contributed by atoms with Crippen molar-refractivity contribution < 1.29 is 0 Å². The quantitative estimate of drug-likeness (QED) is 0.645. The molecule has 0 spiro atoms. The van der Waals surface area contributed by atoms with Gasteiger partial charge in [-0.05, 0) is 43.2 Å². The molecule has 0 saturated heterocycles. The molecule has 1 unspecified atom stereocenters. The molecule has 0 heterocycles. The van der Waals surface area contributed by atoms with Crippen LogP contribution in [0, 0.1) is 0 Å². The van der Waals surface area contributed by atoms with Gasteiger partial charge in [0.15, 0.2) is 0 Å². The van der Waals surface area contributed by atoms with Gasteiger partial charge in [-0.3, -0.25) is 0 Å². The van der Waals surface area contributed by atoms with Crippen LogP contribution >= 0.6 is 0 Å². The monoisotopic (exact) mass is 250 g/mol. The van der Waals surface area contributed by atoms with Crippen LogP contribution in [-0.4, -0.2) is 0 Å². The van der Waals surface area contributed by atoms with E-state index in [1.807, 2.05) is 0 Å². The summed E-state index contributed by atoms with van der Waals surface area (Å²) in [6.45, 7) is 2.27. The van der Waals surface area contributed by atoms with Crippen LogP contribution in [0.2, 0.25) is 0 Å². The van der Waals surface area contributed by atoms with Gasteiger partial charge in [0.05, 0.1) is 0 Å². The highest BCUT2D eigenvalue weighted by Gasteiger charge is 2.23. The molecule has 3 rings (SSSR count). The number of hydrogen-bond acceptors (Lipinski definition) is 0. The summed E-state index contributed by atoms with van der Waals surface area (Å²) in [6, 6.07) is 11.0. The van der Waals surface area contributed by atoms with E-state index in [0.717, 1.165) is 0 Å². The Morgan fingerprint density at radius 1 is 1.16 bits per heavy atom. The smallest absolute Gasteiger partial charge is 0.00891 e. The maximum absolute atomic E-state index is 2.37. The van der Waals surface area contributed by atoms with Crippen molar-refractivity contribution in [3.63, 3.8) is 0 Å². The maximum atomic E-state index is 2.37. The first-order chi connectivity index (χ1) is 9.38. The van der Waals surface area contributed by atoms with Crippen molar-refractivity contribution >= 4 is 0 Å². The number of benzene rings is 1. The fourth-order valence-electron chi connectivity index (χ4n) is 3.39. The predicted molar refractivity (Wildman–Crippen MR) is 82.2 cm³/mol. The van der Waals surface area contributed by atoms with Gasteiger partial charge in [0, 0.05) is 5.92 Å². The summed E-state index contributed by atoms with van der Waals surface area (Å²) in [4.78, 5) is 0. The number of allylic oxidation sites excluding steroid dienone is 6. The molecule has 0 bridgehead atoms. The molecule has 0 nitrogen and oxygen atoms in total. The van der Waals surface area contributed by atoms with Gasteiger partial charge in [-0.1, -0.05) is 66.6 Å².